The van der Waals surface area contributed by atoms with Gasteiger partial charge in [-0.3, -0.25) is 14.5 Å². The molecule has 0 amide bonds. The second-order valence-electron chi connectivity index (χ2n) is 12.5. The summed E-state index contributed by atoms with van der Waals surface area (Å²) in [5.41, 5.74) is 0.963. The normalized spacial score (nSPS) is 13.6. The van der Waals surface area contributed by atoms with Crippen molar-refractivity contribution < 1.29 is 19.1 Å². The Kier molecular flexibility index (Phi) is 25.0. The van der Waals surface area contributed by atoms with Gasteiger partial charge in [0.2, 0.25) is 0 Å². The number of rotatable bonds is 25. The number of nitrogens with zero attached hydrogens (tertiary/aromatic N) is 1. The zero-order chi connectivity index (χ0) is 31.2. The highest BCUT2D eigenvalue weighted by molar-refractivity contribution is 8.93. The molecule has 0 bridgehead atoms. The first-order valence-corrected chi connectivity index (χ1v) is 16.1. The molecule has 0 saturated heterocycles. The van der Waals surface area contributed by atoms with E-state index < -0.39 is 11.2 Å². The van der Waals surface area contributed by atoms with Gasteiger partial charge in [0.05, 0.1) is 13.1 Å². The SMILES string of the molecule is Br.C=CC(C)(CCC=C(C)C)OC(=O)CN(CCCCCCCCCCCC)CC(=O)OC(C)(C=C)CCC=C(C)C. The zero-order valence-corrected chi connectivity index (χ0v) is 29.9. The number of ether oxygens (including phenoxy) is 2. The van der Waals surface area contributed by atoms with Crippen molar-refractivity contribution in [3.63, 3.8) is 0 Å². The number of carbonyl (C=O) groups is 2. The summed E-state index contributed by atoms with van der Waals surface area (Å²) in [5.74, 6) is -0.695. The van der Waals surface area contributed by atoms with E-state index in [1.165, 1.54) is 62.5 Å². The van der Waals surface area contributed by atoms with Crippen LogP contribution in [0.5, 0.6) is 0 Å². The number of allylic oxidation sites excluding steroid dienone is 4. The summed E-state index contributed by atoms with van der Waals surface area (Å²) < 4.78 is 11.8. The number of halogens is 1. The summed E-state index contributed by atoms with van der Waals surface area (Å²) in [6.45, 7) is 22.8. The fourth-order valence-corrected chi connectivity index (χ4v) is 4.67. The van der Waals surface area contributed by atoms with E-state index in [-0.39, 0.29) is 42.0 Å². The smallest absolute Gasteiger partial charge is 0.321 e. The lowest BCUT2D eigenvalue weighted by Gasteiger charge is -2.29. The van der Waals surface area contributed by atoms with Gasteiger partial charge in [0.25, 0.3) is 0 Å². The van der Waals surface area contributed by atoms with E-state index in [2.05, 4.69) is 59.9 Å². The minimum Gasteiger partial charge on any atom is -0.454 e. The summed E-state index contributed by atoms with van der Waals surface area (Å²) in [6, 6.07) is 0. The highest BCUT2D eigenvalue weighted by Crippen LogP contribution is 2.22. The van der Waals surface area contributed by atoms with Crippen molar-refractivity contribution >= 4 is 28.9 Å². The molecular formula is C36H64BrNO4. The Morgan fingerprint density at radius 2 is 1.02 bits per heavy atom. The van der Waals surface area contributed by atoms with Crippen molar-refractivity contribution in [1.82, 2.24) is 4.90 Å². The lowest BCUT2D eigenvalue weighted by atomic mass is 9.99. The van der Waals surface area contributed by atoms with E-state index in [4.69, 9.17) is 9.47 Å². The Labute approximate surface area is 270 Å². The molecule has 0 aromatic carbocycles. The van der Waals surface area contributed by atoms with Crippen molar-refractivity contribution in [3.8, 4) is 0 Å². The van der Waals surface area contributed by atoms with E-state index in [9.17, 15) is 9.59 Å². The standard InChI is InChI=1S/C36H63NO4.BrH/c1-10-13-14-15-16-17-18-19-20-21-28-37(29-33(38)40-35(8,11-2)26-22-24-31(4)5)30-34(39)41-36(9,12-3)27-23-25-32(6)7;/h11-12,24-25H,2-3,10,13-23,26-30H2,1,4-9H3;1H. The second kappa shape index (κ2) is 24.7. The molecule has 0 N–H and O–H groups in total. The molecule has 6 heteroatoms. The van der Waals surface area contributed by atoms with Crippen LogP contribution >= 0.6 is 17.0 Å². The molecule has 42 heavy (non-hydrogen) atoms. The number of hydrogen-bond donors (Lipinski definition) is 0. The topological polar surface area (TPSA) is 55.8 Å². The molecule has 0 aromatic heterocycles. The van der Waals surface area contributed by atoms with Crippen LogP contribution in [0.4, 0.5) is 0 Å². The summed E-state index contributed by atoms with van der Waals surface area (Å²) in [5, 5.41) is 0. The maximum Gasteiger partial charge on any atom is 0.321 e. The number of carbonyl (C=O) groups excluding carboxylic acids is 2. The zero-order valence-electron chi connectivity index (χ0n) is 28.2. The van der Waals surface area contributed by atoms with Gasteiger partial charge in [0.1, 0.15) is 11.2 Å². The molecule has 0 radical (unpaired) electrons. The number of esters is 2. The molecule has 0 heterocycles. The highest BCUT2D eigenvalue weighted by atomic mass is 79.9. The third kappa shape index (κ3) is 22.9. The van der Waals surface area contributed by atoms with E-state index >= 15 is 0 Å². The quantitative estimate of drug-likeness (QED) is 0.0557. The van der Waals surface area contributed by atoms with Crippen molar-refractivity contribution in [3.05, 3.63) is 48.6 Å². The first kappa shape index (κ1) is 42.5. The maximum absolute atomic E-state index is 13.0. The first-order chi connectivity index (χ1) is 19.4. The third-order valence-electron chi connectivity index (χ3n) is 7.48. The van der Waals surface area contributed by atoms with E-state index in [1.807, 2.05) is 18.7 Å². The Morgan fingerprint density at radius 1 is 0.667 bits per heavy atom. The van der Waals surface area contributed by atoms with Crippen molar-refractivity contribution in [1.29, 1.82) is 0 Å². The van der Waals surface area contributed by atoms with Gasteiger partial charge in [0.15, 0.2) is 0 Å². The number of hydrogen-bond acceptors (Lipinski definition) is 5. The lowest BCUT2D eigenvalue weighted by molar-refractivity contribution is -0.159. The fourth-order valence-electron chi connectivity index (χ4n) is 4.67. The van der Waals surface area contributed by atoms with Gasteiger partial charge in [-0.2, -0.15) is 0 Å². The molecule has 0 spiro atoms. The molecule has 2 unspecified atom stereocenters. The number of unbranched alkanes of at least 4 members (excludes halogenated alkanes) is 9. The van der Waals surface area contributed by atoms with Crippen LogP contribution in [0.2, 0.25) is 0 Å². The Hall–Kier alpha value is -1.66. The summed E-state index contributed by atoms with van der Waals surface area (Å²) in [4.78, 5) is 27.9. The van der Waals surface area contributed by atoms with Crippen LogP contribution in [0.25, 0.3) is 0 Å². The highest BCUT2D eigenvalue weighted by Gasteiger charge is 2.28. The molecule has 0 aliphatic carbocycles. The minimum atomic E-state index is -0.751. The predicted octanol–water partition coefficient (Wildman–Crippen LogP) is 10.3. The van der Waals surface area contributed by atoms with Crippen LogP contribution in [-0.2, 0) is 19.1 Å². The van der Waals surface area contributed by atoms with Gasteiger partial charge < -0.3 is 9.47 Å². The third-order valence-corrected chi connectivity index (χ3v) is 7.48. The van der Waals surface area contributed by atoms with Gasteiger partial charge in [0, 0.05) is 0 Å². The maximum atomic E-state index is 13.0. The average Bonchev–Trinajstić information content (AvgIpc) is 2.89. The van der Waals surface area contributed by atoms with Crippen LogP contribution in [0, 0.1) is 0 Å². The van der Waals surface area contributed by atoms with Crippen LogP contribution in [-0.4, -0.2) is 47.7 Å². The van der Waals surface area contributed by atoms with Crippen LogP contribution < -0.4 is 0 Å². The largest absolute Gasteiger partial charge is 0.454 e. The predicted molar refractivity (Wildman–Crippen MR) is 185 cm³/mol. The average molecular weight is 655 g/mol. The summed E-state index contributed by atoms with van der Waals surface area (Å²) in [7, 11) is 0. The summed E-state index contributed by atoms with van der Waals surface area (Å²) >= 11 is 0. The second-order valence-corrected chi connectivity index (χ2v) is 12.5. The van der Waals surface area contributed by atoms with Crippen LogP contribution in [0.15, 0.2) is 48.6 Å². The van der Waals surface area contributed by atoms with Gasteiger partial charge in [-0.05, 0) is 92.3 Å². The van der Waals surface area contributed by atoms with Crippen molar-refractivity contribution in [2.75, 3.05) is 19.6 Å². The van der Waals surface area contributed by atoms with E-state index in [1.54, 1.807) is 12.2 Å². The molecule has 0 saturated carbocycles. The minimum absolute atomic E-state index is 0. The molecule has 0 aliphatic heterocycles. The van der Waals surface area contributed by atoms with Crippen molar-refractivity contribution in [2.45, 2.75) is 150 Å². The van der Waals surface area contributed by atoms with E-state index in [0.717, 1.165) is 25.7 Å². The van der Waals surface area contributed by atoms with Gasteiger partial charge in [-0.15, -0.1) is 17.0 Å². The summed E-state index contributed by atoms with van der Waals surface area (Å²) in [6.07, 6.45) is 22.9. The first-order valence-electron chi connectivity index (χ1n) is 16.1. The molecular weight excluding hydrogens is 590 g/mol. The van der Waals surface area contributed by atoms with Gasteiger partial charge in [-0.25, -0.2) is 0 Å². The van der Waals surface area contributed by atoms with Gasteiger partial charge >= 0.3 is 11.9 Å². The molecule has 244 valence electrons. The molecule has 0 fully saturated rings. The van der Waals surface area contributed by atoms with Crippen molar-refractivity contribution in [2.24, 2.45) is 0 Å². The molecule has 0 aromatic rings. The van der Waals surface area contributed by atoms with Crippen LogP contribution in [0.1, 0.15) is 138 Å². The Balaban J connectivity index is 0. The monoisotopic (exact) mass is 653 g/mol. The molecule has 2 atom stereocenters. The van der Waals surface area contributed by atoms with Gasteiger partial charge in [-0.1, -0.05) is 101 Å². The van der Waals surface area contributed by atoms with Crippen LogP contribution in [0.3, 0.4) is 0 Å². The molecule has 0 rings (SSSR count). The lowest BCUT2D eigenvalue weighted by Crippen LogP contribution is -2.41. The Bertz CT molecular complexity index is 772. The fraction of sp³-hybridized carbons (Fsp3) is 0.722. The van der Waals surface area contributed by atoms with E-state index in [0.29, 0.717) is 19.4 Å². The molecule has 0 aliphatic rings. The Morgan fingerprint density at radius 3 is 1.36 bits per heavy atom. The molecule has 5 nitrogen and oxygen atoms in total.